The first kappa shape index (κ1) is 24.5. The van der Waals surface area contributed by atoms with Gasteiger partial charge in [0.1, 0.15) is 5.82 Å². The number of halogens is 1. The normalized spacial score (nSPS) is 42.1. The Morgan fingerprint density at radius 3 is 2.78 bits per heavy atom. The van der Waals surface area contributed by atoms with E-state index in [4.69, 9.17) is 4.74 Å². The average molecular weight is 497 g/mol. The molecule has 0 unspecified atom stereocenters. The number of fused-ring (bicyclic) bond motifs is 6. The van der Waals surface area contributed by atoms with Crippen LogP contribution in [0.25, 0.3) is 10.9 Å². The molecule has 2 aromatic rings. The zero-order chi connectivity index (χ0) is 25.3. The van der Waals surface area contributed by atoms with E-state index in [1.54, 1.807) is 10.7 Å². The Morgan fingerprint density at radius 2 is 1.97 bits per heavy atom. The minimum Gasteiger partial charge on any atom is -0.390 e. The number of Topliss-reactive ketones (excluding diaryl/α,β-unsaturated/α-hetero) is 1. The number of nitrogens with zero attached hydrogens (tertiary/aromatic N) is 2. The molecule has 1 heterocycles. The van der Waals surface area contributed by atoms with Crippen LogP contribution in [0.4, 0.5) is 4.39 Å². The summed E-state index contributed by atoms with van der Waals surface area (Å²) in [5, 5.41) is 16.2. The van der Waals surface area contributed by atoms with Crippen molar-refractivity contribution in [1.29, 1.82) is 0 Å². The molecular weight excluding hydrogens is 455 g/mol. The summed E-state index contributed by atoms with van der Waals surface area (Å²) in [6, 6.07) is 4.60. The van der Waals surface area contributed by atoms with Crippen molar-refractivity contribution in [1.82, 2.24) is 9.78 Å². The lowest BCUT2D eigenvalue weighted by Gasteiger charge is -2.62. The van der Waals surface area contributed by atoms with E-state index >= 15 is 0 Å². The summed E-state index contributed by atoms with van der Waals surface area (Å²) in [6.45, 7) is 5.47. The largest absolute Gasteiger partial charge is 0.390 e. The van der Waals surface area contributed by atoms with Crippen molar-refractivity contribution in [3.63, 3.8) is 0 Å². The van der Waals surface area contributed by atoms with E-state index < -0.39 is 5.60 Å². The maximum absolute atomic E-state index is 13.7. The molecule has 6 rings (SSSR count). The Labute approximate surface area is 213 Å². The molecule has 8 atom stereocenters. The molecule has 4 aliphatic carbocycles. The Morgan fingerprint density at radius 1 is 1.14 bits per heavy atom. The van der Waals surface area contributed by atoms with Crippen LogP contribution in [0.3, 0.4) is 0 Å². The Kier molecular flexibility index (Phi) is 5.88. The van der Waals surface area contributed by atoms with Crippen LogP contribution in [-0.4, -0.2) is 40.0 Å². The molecule has 0 aliphatic heterocycles. The van der Waals surface area contributed by atoms with Crippen LogP contribution in [-0.2, 0) is 16.1 Å². The predicted molar refractivity (Wildman–Crippen MR) is 137 cm³/mol. The van der Waals surface area contributed by atoms with Crippen LogP contribution >= 0.6 is 0 Å². The topological polar surface area (TPSA) is 64.3 Å². The SMILES string of the molecule is COC[C@]12CC[C@@](C)(O)C[C@H]1CC[C@H]1[C@@H]3CC[C@H](C(=O)Cn4cc5ccc(F)cc5n4)[C@@]3(C)CC[C@@H]12. The van der Waals surface area contributed by atoms with Gasteiger partial charge in [-0.05, 0) is 111 Å². The molecule has 5 nitrogen and oxygen atoms in total. The molecule has 1 aromatic carbocycles. The first-order valence-electron chi connectivity index (χ1n) is 14.0. The van der Waals surface area contributed by atoms with Crippen molar-refractivity contribution in [3.8, 4) is 0 Å². The van der Waals surface area contributed by atoms with Crippen molar-refractivity contribution >= 4 is 16.7 Å². The van der Waals surface area contributed by atoms with Crippen LogP contribution in [0.15, 0.2) is 24.4 Å². The highest BCUT2D eigenvalue weighted by atomic mass is 19.1. The fourth-order valence-corrected chi connectivity index (χ4v) is 9.70. The van der Waals surface area contributed by atoms with Gasteiger partial charge in [-0.1, -0.05) is 6.92 Å². The zero-order valence-electron chi connectivity index (χ0n) is 22.0. The minimum atomic E-state index is -0.550. The first-order chi connectivity index (χ1) is 17.1. The van der Waals surface area contributed by atoms with Crippen molar-refractivity contribution in [2.45, 2.75) is 83.8 Å². The number of rotatable bonds is 5. The Hall–Kier alpha value is -1.79. The lowest BCUT2D eigenvalue weighted by Crippen LogP contribution is -2.58. The number of carbonyl (C=O) groups is 1. The van der Waals surface area contributed by atoms with Crippen molar-refractivity contribution in [3.05, 3.63) is 30.2 Å². The summed E-state index contributed by atoms with van der Waals surface area (Å²) in [7, 11) is 1.84. The standard InChI is InChI=1S/C30H41FN2O3/c1-28(35)12-13-30(18-36-3)20(15-28)5-7-22-23-8-9-25(29(23,2)11-10-24(22)30)27(34)17-33-16-19-4-6-21(31)14-26(19)32-33/h4,6,14,16,20,22-25,35H,5,7-13,15,17-18H2,1-3H3/t20-,22+,23+,24+,25-,28-,29+,30-/m1/s1. The van der Waals surface area contributed by atoms with Gasteiger partial charge in [-0.25, -0.2) is 4.39 Å². The second kappa shape index (κ2) is 8.62. The van der Waals surface area contributed by atoms with Gasteiger partial charge in [0.2, 0.25) is 0 Å². The summed E-state index contributed by atoms with van der Waals surface area (Å²) in [5.74, 6) is 2.43. The maximum atomic E-state index is 13.7. The van der Waals surface area contributed by atoms with Gasteiger partial charge >= 0.3 is 0 Å². The predicted octanol–water partition coefficient (Wildman–Crippen LogP) is 5.78. The van der Waals surface area contributed by atoms with Crippen molar-refractivity contribution in [2.75, 3.05) is 13.7 Å². The first-order valence-corrected chi connectivity index (χ1v) is 14.0. The molecule has 0 spiro atoms. The van der Waals surface area contributed by atoms with E-state index in [1.807, 2.05) is 20.2 Å². The third-order valence-corrected chi connectivity index (χ3v) is 11.3. The lowest BCUT2D eigenvalue weighted by molar-refractivity contribution is -0.175. The van der Waals surface area contributed by atoms with Gasteiger partial charge in [-0.15, -0.1) is 0 Å². The van der Waals surface area contributed by atoms with Crippen molar-refractivity contribution in [2.24, 2.45) is 40.4 Å². The number of ether oxygens (including phenoxy) is 1. The van der Waals surface area contributed by atoms with E-state index in [2.05, 4.69) is 12.0 Å². The molecule has 0 radical (unpaired) electrons. The highest BCUT2D eigenvalue weighted by Gasteiger charge is 2.63. The van der Waals surface area contributed by atoms with E-state index in [9.17, 15) is 14.3 Å². The van der Waals surface area contributed by atoms with E-state index in [1.165, 1.54) is 25.0 Å². The van der Waals surface area contributed by atoms with Crippen LogP contribution < -0.4 is 0 Å². The van der Waals surface area contributed by atoms with Crippen LogP contribution in [0.1, 0.15) is 71.6 Å². The van der Waals surface area contributed by atoms with Gasteiger partial charge in [-0.2, -0.15) is 5.10 Å². The molecule has 0 bridgehead atoms. The molecule has 4 saturated carbocycles. The molecule has 6 heteroatoms. The molecule has 0 amide bonds. The van der Waals surface area contributed by atoms with Gasteiger partial charge in [-0.3, -0.25) is 9.48 Å². The molecule has 4 fully saturated rings. The number of hydrogen-bond donors (Lipinski definition) is 1. The summed E-state index contributed by atoms with van der Waals surface area (Å²) in [5.41, 5.74) is 0.267. The molecule has 1 aromatic heterocycles. The quantitative estimate of drug-likeness (QED) is 0.570. The molecule has 1 N–H and O–H groups in total. The molecule has 196 valence electrons. The minimum absolute atomic E-state index is 0.0399. The van der Waals surface area contributed by atoms with Crippen LogP contribution in [0.2, 0.25) is 0 Å². The lowest BCUT2D eigenvalue weighted by atomic mass is 9.43. The number of carbonyl (C=O) groups excluding carboxylic acids is 1. The third-order valence-electron chi connectivity index (χ3n) is 11.3. The smallest absolute Gasteiger partial charge is 0.157 e. The number of benzene rings is 1. The molecule has 4 aliphatic rings. The van der Waals surface area contributed by atoms with Gasteiger partial charge in [0, 0.05) is 30.7 Å². The summed E-state index contributed by atoms with van der Waals surface area (Å²) in [4.78, 5) is 13.7. The zero-order valence-corrected chi connectivity index (χ0v) is 22.0. The van der Waals surface area contributed by atoms with Gasteiger partial charge < -0.3 is 9.84 Å². The van der Waals surface area contributed by atoms with Crippen molar-refractivity contribution < 1.29 is 19.0 Å². The van der Waals surface area contributed by atoms with E-state index in [0.717, 1.165) is 56.9 Å². The molecular formula is C30H41FN2O3. The van der Waals surface area contributed by atoms with E-state index in [0.29, 0.717) is 29.2 Å². The molecule has 36 heavy (non-hydrogen) atoms. The van der Waals surface area contributed by atoms with Crippen LogP contribution in [0.5, 0.6) is 0 Å². The van der Waals surface area contributed by atoms with Crippen LogP contribution in [0, 0.1) is 46.2 Å². The van der Waals surface area contributed by atoms with Gasteiger partial charge in [0.15, 0.2) is 5.78 Å². The van der Waals surface area contributed by atoms with Gasteiger partial charge in [0.25, 0.3) is 0 Å². The number of aromatic nitrogens is 2. The maximum Gasteiger partial charge on any atom is 0.157 e. The monoisotopic (exact) mass is 496 g/mol. The fraction of sp³-hybridized carbons (Fsp3) is 0.733. The third kappa shape index (κ3) is 3.77. The second-order valence-electron chi connectivity index (χ2n) is 13.2. The fourth-order valence-electron chi connectivity index (χ4n) is 9.70. The summed E-state index contributed by atoms with van der Waals surface area (Å²) in [6.07, 6.45) is 11.4. The average Bonchev–Trinajstić information content (AvgIpc) is 3.38. The summed E-state index contributed by atoms with van der Waals surface area (Å²) < 4.78 is 21.2. The highest BCUT2D eigenvalue weighted by molar-refractivity contribution is 5.83. The highest BCUT2D eigenvalue weighted by Crippen LogP contribution is 2.68. The Balaban J connectivity index is 1.22. The van der Waals surface area contributed by atoms with E-state index in [-0.39, 0.29) is 34.9 Å². The van der Waals surface area contributed by atoms with Gasteiger partial charge in [0.05, 0.1) is 24.3 Å². The Bertz CT molecular complexity index is 1160. The molecule has 0 saturated heterocycles. The number of ketones is 1. The number of hydrogen-bond acceptors (Lipinski definition) is 4. The summed E-state index contributed by atoms with van der Waals surface area (Å²) >= 11 is 0. The second-order valence-corrected chi connectivity index (χ2v) is 13.2. The number of aliphatic hydroxyl groups is 1. The number of methoxy groups -OCH3 is 1.